The predicted molar refractivity (Wildman–Crippen MR) is 128 cm³/mol. The molecule has 0 radical (unpaired) electrons. The SMILES string of the molecule is Cc1ccnc(N2CCP(=O)(c3cc(Cc4n[nH]c(=O)c5ccccc45)ccc3F)CC2)n1. The lowest BCUT2D eigenvalue weighted by Gasteiger charge is -2.32. The molecule has 2 aromatic carbocycles. The first kappa shape index (κ1) is 21.5. The van der Waals surface area contributed by atoms with Crippen molar-refractivity contribution in [3.63, 3.8) is 0 Å². The topological polar surface area (TPSA) is 91.8 Å². The van der Waals surface area contributed by atoms with Crippen molar-refractivity contribution in [1.82, 2.24) is 20.2 Å². The fraction of sp³-hybridized carbons (Fsp3) is 0.250. The van der Waals surface area contributed by atoms with E-state index in [4.69, 9.17) is 0 Å². The Hall–Kier alpha value is -3.38. The van der Waals surface area contributed by atoms with Gasteiger partial charge in [-0.1, -0.05) is 24.3 Å². The van der Waals surface area contributed by atoms with Crippen LogP contribution in [0.4, 0.5) is 10.3 Å². The molecule has 4 aromatic rings. The van der Waals surface area contributed by atoms with E-state index < -0.39 is 13.0 Å². The molecule has 1 aliphatic rings. The lowest BCUT2D eigenvalue weighted by Crippen LogP contribution is -2.38. The maximum absolute atomic E-state index is 14.8. The Morgan fingerprint density at radius 2 is 1.85 bits per heavy atom. The number of aryl methyl sites for hydroxylation is 1. The first-order chi connectivity index (χ1) is 15.9. The van der Waals surface area contributed by atoms with Gasteiger partial charge in [0.15, 0.2) is 0 Å². The van der Waals surface area contributed by atoms with E-state index in [1.807, 2.05) is 30.0 Å². The smallest absolute Gasteiger partial charge is 0.272 e. The molecule has 5 rings (SSSR count). The number of H-pyrrole nitrogens is 1. The van der Waals surface area contributed by atoms with Gasteiger partial charge in [0.25, 0.3) is 5.56 Å². The number of rotatable bonds is 4. The quantitative estimate of drug-likeness (QED) is 0.467. The van der Waals surface area contributed by atoms with E-state index in [2.05, 4.69) is 20.2 Å². The number of aromatic amines is 1. The molecular formula is C24H23FN5O2P. The van der Waals surface area contributed by atoms with Crippen LogP contribution in [0.15, 0.2) is 59.5 Å². The van der Waals surface area contributed by atoms with E-state index >= 15 is 0 Å². The molecule has 1 saturated heterocycles. The molecule has 0 unspecified atom stereocenters. The Kier molecular flexibility index (Phi) is 5.54. The van der Waals surface area contributed by atoms with Gasteiger partial charge in [-0.05, 0) is 36.8 Å². The minimum atomic E-state index is -2.91. The number of nitrogens with one attached hydrogen (secondary N) is 1. The van der Waals surface area contributed by atoms with Crippen molar-refractivity contribution >= 4 is 29.2 Å². The lowest BCUT2D eigenvalue weighted by atomic mass is 10.0. The van der Waals surface area contributed by atoms with Gasteiger partial charge in [-0.3, -0.25) is 4.79 Å². The maximum atomic E-state index is 14.8. The summed E-state index contributed by atoms with van der Waals surface area (Å²) in [6.07, 6.45) is 2.84. The zero-order valence-corrected chi connectivity index (χ0v) is 19.1. The van der Waals surface area contributed by atoms with Crippen molar-refractivity contribution in [2.45, 2.75) is 13.3 Å². The minimum Gasteiger partial charge on any atom is -0.340 e. The number of hydrogen-bond acceptors (Lipinski definition) is 6. The third-order valence-electron chi connectivity index (χ3n) is 6.12. The average molecular weight is 463 g/mol. The Bertz CT molecular complexity index is 1440. The normalized spacial score (nSPS) is 15.6. The zero-order valence-electron chi connectivity index (χ0n) is 18.2. The highest BCUT2D eigenvalue weighted by Crippen LogP contribution is 2.47. The average Bonchev–Trinajstić information content (AvgIpc) is 2.82. The monoisotopic (exact) mass is 463 g/mol. The number of aromatic nitrogens is 4. The van der Waals surface area contributed by atoms with E-state index in [0.29, 0.717) is 54.2 Å². The minimum absolute atomic E-state index is 0.247. The van der Waals surface area contributed by atoms with E-state index in [9.17, 15) is 13.8 Å². The van der Waals surface area contributed by atoms with Crippen molar-refractivity contribution in [3.8, 4) is 0 Å². The molecule has 1 aliphatic heterocycles. The number of benzene rings is 2. The van der Waals surface area contributed by atoms with Crippen molar-refractivity contribution in [2.24, 2.45) is 0 Å². The van der Waals surface area contributed by atoms with Crippen LogP contribution in [0, 0.1) is 12.7 Å². The zero-order chi connectivity index (χ0) is 23.0. The highest BCUT2D eigenvalue weighted by atomic mass is 31.2. The van der Waals surface area contributed by atoms with Crippen LogP contribution in [0.25, 0.3) is 10.8 Å². The van der Waals surface area contributed by atoms with Crippen molar-refractivity contribution in [3.05, 3.63) is 87.9 Å². The molecule has 168 valence electrons. The number of nitrogens with zero attached hydrogens (tertiary/aromatic N) is 4. The first-order valence-corrected chi connectivity index (χ1v) is 12.9. The van der Waals surface area contributed by atoms with Gasteiger partial charge in [0.05, 0.1) is 11.1 Å². The summed E-state index contributed by atoms with van der Waals surface area (Å²) < 4.78 is 28.6. The second-order valence-corrected chi connectivity index (χ2v) is 11.5. The van der Waals surface area contributed by atoms with Crippen LogP contribution in [-0.2, 0) is 11.0 Å². The van der Waals surface area contributed by atoms with Crippen LogP contribution < -0.4 is 15.8 Å². The van der Waals surface area contributed by atoms with Gasteiger partial charge in [-0.15, -0.1) is 0 Å². The largest absolute Gasteiger partial charge is 0.340 e. The molecule has 1 fully saturated rings. The van der Waals surface area contributed by atoms with Gasteiger partial charge in [0.2, 0.25) is 5.95 Å². The van der Waals surface area contributed by atoms with Crippen molar-refractivity contribution in [1.29, 1.82) is 0 Å². The van der Waals surface area contributed by atoms with Gasteiger partial charge < -0.3 is 9.46 Å². The fourth-order valence-corrected chi connectivity index (χ4v) is 7.00. The summed E-state index contributed by atoms with van der Waals surface area (Å²) in [6.45, 7) is 2.92. The molecule has 0 aliphatic carbocycles. The Morgan fingerprint density at radius 3 is 2.61 bits per heavy atom. The summed E-state index contributed by atoms with van der Waals surface area (Å²) >= 11 is 0. The van der Waals surface area contributed by atoms with Crippen LogP contribution in [0.3, 0.4) is 0 Å². The summed E-state index contributed by atoms with van der Waals surface area (Å²) in [4.78, 5) is 22.8. The molecule has 9 heteroatoms. The lowest BCUT2D eigenvalue weighted by molar-refractivity contribution is 0.570. The highest BCUT2D eigenvalue weighted by molar-refractivity contribution is 7.71. The van der Waals surface area contributed by atoms with Gasteiger partial charge in [0.1, 0.15) is 13.0 Å². The fourth-order valence-electron chi connectivity index (χ4n) is 4.30. The molecule has 2 aromatic heterocycles. The predicted octanol–water partition coefficient (Wildman–Crippen LogP) is 3.26. The molecule has 0 saturated carbocycles. The Balaban J connectivity index is 1.41. The van der Waals surface area contributed by atoms with Gasteiger partial charge in [-0.25, -0.2) is 19.5 Å². The van der Waals surface area contributed by atoms with Crippen LogP contribution in [0.5, 0.6) is 0 Å². The molecule has 33 heavy (non-hydrogen) atoms. The van der Waals surface area contributed by atoms with E-state index in [0.717, 1.165) is 16.6 Å². The molecule has 3 heterocycles. The maximum Gasteiger partial charge on any atom is 0.272 e. The third-order valence-corrected chi connectivity index (χ3v) is 9.19. The standard InChI is InChI=1S/C24H23FN5O2P/c1-16-8-9-26-24(27-16)30-10-12-33(32,13-11-30)22-15-17(6-7-20(22)25)14-21-18-4-2-3-5-19(18)23(31)29-28-21/h2-9,15H,10-14H2,1H3,(H,29,31). The number of hydrogen-bond donors (Lipinski definition) is 1. The summed E-state index contributed by atoms with van der Waals surface area (Å²) in [5.74, 6) is 0.174. The summed E-state index contributed by atoms with van der Waals surface area (Å²) in [5, 5.41) is 8.35. The van der Waals surface area contributed by atoms with E-state index in [1.54, 1.807) is 30.5 Å². The van der Waals surface area contributed by atoms with Crippen molar-refractivity contribution < 1.29 is 8.96 Å². The molecule has 0 amide bonds. The van der Waals surface area contributed by atoms with Gasteiger partial charge in [-0.2, -0.15) is 5.10 Å². The molecule has 0 bridgehead atoms. The molecular weight excluding hydrogens is 440 g/mol. The molecule has 0 atom stereocenters. The van der Waals surface area contributed by atoms with Crippen LogP contribution in [0.2, 0.25) is 0 Å². The van der Waals surface area contributed by atoms with Gasteiger partial charge in [0, 0.05) is 54.4 Å². The van der Waals surface area contributed by atoms with Crippen LogP contribution in [-0.4, -0.2) is 45.6 Å². The van der Waals surface area contributed by atoms with Crippen molar-refractivity contribution in [2.75, 3.05) is 30.3 Å². The summed E-state index contributed by atoms with van der Waals surface area (Å²) in [7, 11) is -2.91. The second kappa shape index (κ2) is 8.52. The molecule has 1 N–H and O–H groups in total. The number of anilines is 1. The van der Waals surface area contributed by atoms with E-state index in [-0.39, 0.29) is 5.56 Å². The van der Waals surface area contributed by atoms with Gasteiger partial charge >= 0.3 is 0 Å². The highest BCUT2D eigenvalue weighted by Gasteiger charge is 2.33. The van der Waals surface area contributed by atoms with Crippen LogP contribution in [0.1, 0.15) is 17.0 Å². The Morgan fingerprint density at radius 1 is 1.09 bits per heavy atom. The third kappa shape index (κ3) is 4.18. The summed E-state index contributed by atoms with van der Waals surface area (Å²) in [5.41, 5.74) is 2.11. The Labute approximate surface area is 190 Å². The second-order valence-electron chi connectivity index (χ2n) is 8.33. The first-order valence-electron chi connectivity index (χ1n) is 10.8. The molecule has 7 nitrogen and oxygen atoms in total. The van der Waals surface area contributed by atoms with Crippen LogP contribution >= 0.6 is 7.14 Å². The van der Waals surface area contributed by atoms with E-state index in [1.165, 1.54) is 6.07 Å². The number of fused-ring (bicyclic) bond motifs is 1. The summed E-state index contributed by atoms with van der Waals surface area (Å²) in [6, 6.07) is 13.9. The number of halogens is 1. The molecule has 0 spiro atoms.